The van der Waals surface area contributed by atoms with E-state index in [4.69, 9.17) is 4.42 Å². The fourth-order valence-corrected chi connectivity index (χ4v) is 4.56. The molecule has 0 aliphatic heterocycles. The van der Waals surface area contributed by atoms with Crippen LogP contribution in [0.15, 0.2) is 81.7 Å². The van der Waals surface area contributed by atoms with Crippen molar-refractivity contribution in [2.45, 2.75) is 19.4 Å². The minimum atomic E-state index is -0.916. The van der Waals surface area contributed by atoms with Crippen molar-refractivity contribution in [2.75, 3.05) is 0 Å². The second-order valence-electron chi connectivity index (χ2n) is 7.70. The Hall–Kier alpha value is -2.62. The Morgan fingerprint density at radius 1 is 0.786 bits per heavy atom. The van der Waals surface area contributed by atoms with Crippen molar-refractivity contribution in [1.29, 1.82) is 0 Å². The zero-order chi connectivity index (χ0) is 19.5. The fourth-order valence-electron chi connectivity index (χ4n) is 3.99. The summed E-state index contributed by atoms with van der Waals surface area (Å²) in [6, 6.07) is 24.6. The van der Waals surface area contributed by atoms with Gasteiger partial charge in [0.1, 0.15) is 11.2 Å². The molecule has 0 aliphatic rings. The van der Waals surface area contributed by atoms with E-state index in [1.54, 1.807) is 0 Å². The van der Waals surface area contributed by atoms with E-state index < -0.39 is 5.60 Å². The molecule has 138 valence electrons. The molecule has 5 aromatic rings. The van der Waals surface area contributed by atoms with Gasteiger partial charge in [0.05, 0.1) is 5.60 Å². The third-order valence-corrected chi connectivity index (χ3v) is 5.98. The van der Waals surface area contributed by atoms with Crippen molar-refractivity contribution in [2.24, 2.45) is 0 Å². The van der Waals surface area contributed by atoms with Crippen LogP contribution in [0, 0.1) is 0 Å². The molecule has 5 rings (SSSR count). The van der Waals surface area contributed by atoms with Gasteiger partial charge in [-0.25, -0.2) is 0 Å². The van der Waals surface area contributed by atoms with Crippen molar-refractivity contribution < 1.29 is 9.52 Å². The van der Waals surface area contributed by atoms with E-state index >= 15 is 0 Å². The molecular formula is C25H19BrO2. The summed E-state index contributed by atoms with van der Waals surface area (Å²) in [5.74, 6) is 0. The maximum absolute atomic E-state index is 10.6. The van der Waals surface area contributed by atoms with Crippen LogP contribution in [0.2, 0.25) is 0 Å². The predicted octanol–water partition coefficient (Wildman–Crippen LogP) is 7.40. The first-order valence-electron chi connectivity index (χ1n) is 9.29. The Kier molecular flexibility index (Phi) is 3.87. The van der Waals surface area contributed by atoms with Crippen LogP contribution in [-0.2, 0) is 5.60 Å². The van der Waals surface area contributed by atoms with Crippen molar-refractivity contribution >= 4 is 48.6 Å². The molecule has 0 aliphatic carbocycles. The molecule has 1 N–H and O–H groups in total. The summed E-state index contributed by atoms with van der Waals surface area (Å²) in [5.41, 5.74) is 3.79. The highest BCUT2D eigenvalue weighted by atomic mass is 79.9. The summed E-state index contributed by atoms with van der Waals surface area (Å²) < 4.78 is 7.39. The summed E-state index contributed by atoms with van der Waals surface area (Å²) in [6.45, 7) is 3.63. The van der Waals surface area contributed by atoms with Gasteiger partial charge in [-0.2, -0.15) is 0 Å². The highest BCUT2D eigenvalue weighted by molar-refractivity contribution is 9.10. The van der Waals surface area contributed by atoms with E-state index in [2.05, 4.69) is 52.3 Å². The number of aliphatic hydroxyl groups is 1. The molecular weight excluding hydrogens is 412 g/mol. The second kappa shape index (κ2) is 6.20. The van der Waals surface area contributed by atoms with E-state index in [1.807, 2.05) is 50.2 Å². The number of fused-ring (bicyclic) bond motifs is 5. The maximum atomic E-state index is 10.6. The van der Waals surface area contributed by atoms with Gasteiger partial charge >= 0.3 is 0 Å². The van der Waals surface area contributed by atoms with Gasteiger partial charge in [0.2, 0.25) is 0 Å². The van der Waals surface area contributed by atoms with Gasteiger partial charge in [-0.3, -0.25) is 0 Å². The summed E-state index contributed by atoms with van der Waals surface area (Å²) in [6.07, 6.45) is 0. The molecule has 2 nitrogen and oxygen atoms in total. The smallest absolute Gasteiger partial charge is 0.143 e. The quantitative estimate of drug-likeness (QED) is 0.316. The van der Waals surface area contributed by atoms with Crippen LogP contribution in [-0.4, -0.2) is 5.11 Å². The van der Waals surface area contributed by atoms with E-state index in [0.717, 1.165) is 53.9 Å². The van der Waals surface area contributed by atoms with Crippen molar-refractivity contribution in [3.63, 3.8) is 0 Å². The fraction of sp³-hybridized carbons (Fsp3) is 0.120. The molecule has 1 aromatic heterocycles. The molecule has 0 atom stereocenters. The van der Waals surface area contributed by atoms with Crippen LogP contribution in [0.5, 0.6) is 0 Å². The van der Waals surface area contributed by atoms with Crippen molar-refractivity contribution in [1.82, 2.24) is 0 Å². The number of benzene rings is 4. The topological polar surface area (TPSA) is 33.4 Å². The van der Waals surface area contributed by atoms with Gasteiger partial charge in [0, 0.05) is 20.6 Å². The first-order valence-corrected chi connectivity index (χ1v) is 10.1. The molecule has 1 heterocycles. The molecule has 0 fully saturated rings. The zero-order valence-corrected chi connectivity index (χ0v) is 17.2. The van der Waals surface area contributed by atoms with E-state index in [9.17, 15) is 5.11 Å². The first-order chi connectivity index (χ1) is 13.4. The zero-order valence-electron chi connectivity index (χ0n) is 15.7. The van der Waals surface area contributed by atoms with Crippen LogP contribution in [0.3, 0.4) is 0 Å². The van der Waals surface area contributed by atoms with Gasteiger partial charge in [-0.15, -0.1) is 0 Å². The lowest BCUT2D eigenvalue weighted by Crippen LogP contribution is -2.16. The third-order valence-electron chi connectivity index (χ3n) is 5.33. The molecule has 0 saturated carbocycles. The third kappa shape index (κ3) is 2.66. The summed E-state index contributed by atoms with van der Waals surface area (Å²) in [7, 11) is 0. The summed E-state index contributed by atoms with van der Waals surface area (Å²) in [4.78, 5) is 0. The first kappa shape index (κ1) is 17.5. The van der Waals surface area contributed by atoms with Gasteiger partial charge in [0.25, 0.3) is 0 Å². The lowest BCUT2D eigenvalue weighted by atomic mass is 9.89. The summed E-state index contributed by atoms with van der Waals surface area (Å²) in [5, 5.41) is 15.0. The minimum Gasteiger partial charge on any atom is -0.455 e. The Balaban J connectivity index is 1.80. The number of hydrogen-bond acceptors (Lipinski definition) is 2. The van der Waals surface area contributed by atoms with Gasteiger partial charge < -0.3 is 9.52 Å². The molecule has 0 saturated heterocycles. The van der Waals surface area contributed by atoms with Crippen LogP contribution in [0.4, 0.5) is 0 Å². The van der Waals surface area contributed by atoms with E-state index in [0.29, 0.717) is 0 Å². The van der Waals surface area contributed by atoms with Crippen molar-refractivity contribution in [3.8, 4) is 11.1 Å². The maximum Gasteiger partial charge on any atom is 0.143 e. The molecule has 0 bridgehead atoms. The number of furan rings is 1. The number of halogens is 1. The van der Waals surface area contributed by atoms with Crippen LogP contribution < -0.4 is 0 Å². The highest BCUT2D eigenvalue weighted by Crippen LogP contribution is 2.40. The average Bonchev–Trinajstić information content (AvgIpc) is 3.05. The summed E-state index contributed by atoms with van der Waals surface area (Å²) >= 11 is 3.70. The predicted molar refractivity (Wildman–Crippen MR) is 120 cm³/mol. The molecule has 3 heteroatoms. The minimum absolute atomic E-state index is 0.848. The van der Waals surface area contributed by atoms with Crippen molar-refractivity contribution in [3.05, 3.63) is 82.8 Å². The van der Waals surface area contributed by atoms with Gasteiger partial charge in [-0.1, -0.05) is 70.5 Å². The Morgan fingerprint density at radius 2 is 1.50 bits per heavy atom. The second-order valence-corrected chi connectivity index (χ2v) is 8.55. The molecule has 0 spiro atoms. The number of rotatable bonds is 2. The highest BCUT2D eigenvalue weighted by Gasteiger charge is 2.21. The molecule has 4 aromatic carbocycles. The average molecular weight is 431 g/mol. The standard InChI is InChI=1S/C25H19BrO2/c1-25(2,27)21-10-6-5-7-16(21)15-11-12-18-20-14-22(26)17-8-3-4-9-19(17)24(20)28-23(18)13-15/h3-14,27H,1-2H3. The van der Waals surface area contributed by atoms with Crippen LogP contribution >= 0.6 is 15.9 Å². The Labute approximate surface area is 171 Å². The monoisotopic (exact) mass is 430 g/mol. The Bertz CT molecular complexity index is 1360. The van der Waals surface area contributed by atoms with Gasteiger partial charge in [0.15, 0.2) is 0 Å². The van der Waals surface area contributed by atoms with Gasteiger partial charge in [-0.05, 0) is 54.1 Å². The van der Waals surface area contributed by atoms with Crippen LogP contribution in [0.25, 0.3) is 43.8 Å². The lowest BCUT2D eigenvalue weighted by Gasteiger charge is -2.21. The SMILES string of the molecule is CC(C)(O)c1ccccc1-c1ccc2c(c1)oc1c3ccccc3c(Br)cc21. The largest absolute Gasteiger partial charge is 0.455 e. The normalized spacial score (nSPS) is 12.3. The molecule has 28 heavy (non-hydrogen) atoms. The molecule has 0 unspecified atom stereocenters. The molecule has 0 radical (unpaired) electrons. The molecule has 0 amide bonds. The lowest BCUT2D eigenvalue weighted by molar-refractivity contribution is 0.0792. The van der Waals surface area contributed by atoms with Crippen LogP contribution in [0.1, 0.15) is 19.4 Å². The van der Waals surface area contributed by atoms with E-state index in [1.165, 1.54) is 0 Å². The Morgan fingerprint density at radius 3 is 2.29 bits per heavy atom. The number of hydrogen-bond donors (Lipinski definition) is 1. The van der Waals surface area contributed by atoms with E-state index in [-0.39, 0.29) is 0 Å².